The summed E-state index contributed by atoms with van der Waals surface area (Å²) in [7, 11) is 0. The molecular formula is C29H29N3O3S. The van der Waals surface area contributed by atoms with E-state index < -0.39 is 6.10 Å². The second-order valence-electron chi connectivity index (χ2n) is 8.94. The number of aryl methyl sites for hydroxylation is 2. The third-order valence-electron chi connectivity index (χ3n) is 6.19. The van der Waals surface area contributed by atoms with E-state index in [9.17, 15) is 4.79 Å². The van der Waals surface area contributed by atoms with E-state index in [2.05, 4.69) is 18.8 Å². The van der Waals surface area contributed by atoms with Crippen molar-refractivity contribution in [2.24, 2.45) is 0 Å². The van der Waals surface area contributed by atoms with Crippen LogP contribution in [0, 0.1) is 13.8 Å². The Labute approximate surface area is 215 Å². The highest BCUT2D eigenvalue weighted by atomic mass is 32.1. The van der Waals surface area contributed by atoms with Gasteiger partial charge in [-0.3, -0.25) is 9.78 Å². The average Bonchev–Trinajstić information content (AvgIpc) is 3.29. The number of hydrogen-bond donors (Lipinski definition) is 0. The van der Waals surface area contributed by atoms with Gasteiger partial charge in [0.05, 0.1) is 23.7 Å². The van der Waals surface area contributed by atoms with E-state index >= 15 is 0 Å². The lowest BCUT2D eigenvalue weighted by molar-refractivity contribution is -0.125. The van der Waals surface area contributed by atoms with Crippen LogP contribution >= 0.6 is 11.3 Å². The molecule has 36 heavy (non-hydrogen) atoms. The number of carbonyl (C=O) groups excluding carboxylic acids is 1. The van der Waals surface area contributed by atoms with Gasteiger partial charge in [0, 0.05) is 23.2 Å². The largest absolute Gasteiger partial charge is 0.494 e. The second kappa shape index (κ2) is 10.5. The molecular weight excluding hydrogens is 470 g/mol. The number of unbranched alkanes of at least 4 members (excludes halogenated alkanes) is 1. The zero-order valence-corrected chi connectivity index (χ0v) is 21.5. The van der Waals surface area contributed by atoms with Crippen LogP contribution in [0.5, 0.6) is 11.5 Å². The fourth-order valence-corrected chi connectivity index (χ4v) is 5.16. The Morgan fingerprint density at radius 2 is 1.89 bits per heavy atom. The maximum Gasteiger partial charge on any atom is 0.267 e. The Morgan fingerprint density at radius 3 is 2.67 bits per heavy atom. The molecule has 1 atom stereocenters. The number of anilines is 1. The fraction of sp³-hybridized carbons (Fsp3) is 0.276. The number of amides is 1. The molecule has 0 saturated carbocycles. The Hall–Kier alpha value is -3.71. The number of pyridine rings is 1. The molecule has 1 aliphatic heterocycles. The van der Waals surface area contributed by atoms with Crippen LogP contribution in [-0.4, -0.2) is 35.1 Å². The van der Waals surface area contributed by atoms with Crippen molar-refractivity contribution in [3.05, 3.63) is 77.3 Å². The minimum absolute atomic E-state index is 0.0247. The lowest BCUT2D eigenvalue weighted by Crippen LogP contribution is -2.45. The number of thiazole rings is 1. The molecule has 4 aromatic rings. The van der Waals surface area contributed by atoms with E-state index in [0.717, 1.165) is 56.9 Å². The minimum Gasteiger partial charge on any atom is -0.494 e. The first-order chi connectivity index (χ1) is 17.5. The third kappa shape index (κ3) is 5.11. The number of benzene rings is 2. The summed E-state index contributed by atoms with van der Waals surface area (Å²) in [5.74, 6) is 1.57. The highest BCUT2D eigenvalue weighted by Gasteiger charge is 2.31. The number of rotatable bonds is 8. The van der Waals surface area contributed by atoms with Gasteiger partial charge >= 0.3 is 0 Å². The van der Waals surface area contributed by atoms with Gasteiger partial charge in [0.1, 0.15) is 16.5 Å². The topological polar surface area (TPSA) is 64.5 Å². The lowest BCUT2D eigenvalue weighted by Gasteiger charge is -2.33. The van der Waals surface area contributed by atoms with Crippen LogP contribution in [0.1, 0.15) is 30.2 Å². The first-order valence-corrected chi connectivity index (χ1v) is 13.0. The average molecular weight is 500 g/mol. The van der Waals surface area contributed by atoms with Crippen LogP contribution in [0.4, 0.5) is 5.69 Å². The first kappa shape index (κ1) is 24.0. The summed E-state index contributed by atoms with van der Waals surface area (Å²) in [5, 5.41) is 0.882. The van der Waals surface area contributed by atoms with Crippen molar-refractivity contribution in [3.63, 3.8) is 0 Å². The standard InChI is InChI=1S/C29H29N3O3S/c1-19-9-12-23(13-10-19)34-17-7-6-16-32-25-18-22(11-14-26(25)35-20(2)29(32)33)27-21(3)36-28(31-27)24-8-4-5-15-30-24/h4-5,8-15,18,20H,6-7,16-17H2,1-3H3. The number of ether oxygens (including phenoxy) is 2. The normalized spacial score (nSPS) is 14.9. The third-order valence-corrected chi connectivity index (χ3v) is 7.18. The predicted octanol–water partition coefficient (Wildman–Crippen LogP) is 6.46. The van der Waals surface area contributed by atoms with Gasteiger partial charge in [0.25, 0.3) is 5.91 Å². The lowest BCUT2D eigenvalue weighted by atomic mass is 10.1. The van der Waals surface area contributed by atoms with Crippen molar-refractivity contribution in [3.8, 4) is 33.5 Å². The van der Waals surface area contributed by atoms with Gasteiger partial charge in [-0.05, 0) is 76.1 Å². The molecule has 184 valence electrons. The van der Waals surface area contributed by atoms with Crippen LogP contribution in [0.15, 0.2) is 66.9 Å². The summed E-state index contributed by atoms with van der Waals surface area (Å²) in [6, 6.07) is 19.9. The number of aromatic nitrogens is 2. The van der Waals surface area contributed by atoms with E-state index in [1.807, 2.05) is 65.6 Å². The molecule has 1 unspecified atom stereocenters. The number of carbonyl (C=O) groups is 1. The number of nitrogens with zero attached hydrogens (tertiary/aromatic N) is 3. The number of fused-ring (bicyclic) bond motifs is 1. The highest BCUT2D eigenvalue weighted by molar-refractivity contribution is 7.15. The molecule has 7 heteroatoms. The molecule has 0 aliphatic carbocycles. The summed E-state index contributed by atoms with van der Waals surface area (Å²) < 4.78 is 11.8. The Morgan fingerprint density at radius 1 is 1.06 bits per heavy atom. The van der Waals surface area contributed by atoms with Gasteiger partial charge in [-0.2, -0.15) is 0 Å². The van der Waals surface area contributed by atoms with Gasteiger partial charge in [0.2, 0.25) is 0 Å². The summed E-state index contributed by atoms with van der Waals surface area (Å²) in [5.41, 5.74) is 4.73. The fourth-order valence-electron chi connectivity index (χ4n) is 4.24. The summed E-state index contributed by atoms with van der Waals surface area (Å²) in [6.45, 7) is 7.14. The maximum absolute atomic E-state index is 13.1. The zero-order chi connectivity index (χ0) is 25.1. The molecule has 0 N–H and O–H groups in total. The summed E-state index contributed by atoms with van der Waals surface area (Å²) in [6.07, 6.45) is 2.94. The maximum atomic E-state index is 13.1. The summed E-state index contributed by atoms with van der Waals surface area (Å²) in [4.78, 5) is 25.3. The smallest absolute Gasteiger partial charge is 0.267 e. The van der Waals surface area contributed by atoms with Crippen molar-refractivity contribution in [2.75, 3.05) is 18.1 Å². The van der Waals surface area contributed by atoms with Crippen molar-refractivity contribution in [1.29, 1.82) is 0 Å². The van der Waals surface area contributed by atoms with Gasteiger partial charge in [-0.15, -0.1) is 11.3 Å². The van der Waals surface area contributed by atoms with E-state index in [1.54, 1.807) is 24.5 Å². The van der Waals surface area contributed by atoms with Crippen LogP contribution in [0.2, 0.25) is 0 Å². The molecule has 0 spiro atoms. The predicted molar refractivity (Wildman–Crippen MR) is 144 cm³/mol. The molecule has 0 bridgehead atoms. The summed E-state index contributed by atoms with van der Waals surface area (Å²) >= 11 is 1.62. The monoisotopic (exact) mass is 499 g/mol. The molecule has 0 saturated heterocycles. The van der Waals surface area contributed by atoms with Crippen molar-refractivity contribution >= 4 is 22.9 Å². The van der Waals surface area contributed by atoms with Gasteiger partial charge in [0.15, 0.2) is 6.10 Å². The molecule has 6 nitrogen and oxygen atoms in total. The van der Waals surface area contributed by atoms with E-state index in [4.69, 9.17) is 14.5 Å². The van der Waals surface area contributed by atoms with Gasteiger partial charge in [-0.25, -0.2) is 4.98 Å². The van der Waals surface area contributed by atoms with Crippen LogP contribution in [0.25, 0.3) is 22.0 Å². The van der Waals surface area contributed by atoms with Crippen molar-refractivity contribution < 1.29 is 14.3 Å². The van der Waals surface area contributed by atoms with Crippen molar-refractivity contribution in [2.45, 2.75) is 39.7 Å². The molecule has 0 radical (unpaired) electrons. The van der Waals surface area contributed by atoms with E-state index in [-0.39, 0.29) is 5.91 Å². The molecule has 1 amide bonds. The molecule has 5 rings (SSSR count). The highest BCUT2D eigenvalue weighted by Crippen LogP contribution is 2.40. The molecule has 2 aromatic carbocycles. The van der Waals surface area contributed by atoms with Crippen LogP contribution < -0.4 is 14.4 Å². The first-order valence-electron chi connectivity index (χ1n) is 12.2. The molecule has 0 fully saturated rings. The van der Waals surface area contributed by atoms with Gasteiger partial charge < -0.3 is 14.4 Å². The Kier molecular flexibility index (Phi) is 7.00. The van der Waals surface area contributed by atoms with Crippen LogP contribution in [0.3, 0.4) is 0 Å². The Balaban J connectivity index is 1.31. The minimum atomic E-state index is -0.510. The van der Waals surface area contributed by atoms with E-state index in [1.165, 1.54) is 5.56 Å². The van der Waals surface area contributed by atoms with Gasteiger partial charge in [-0.1, -0.05) is 23.8 Å². The van der Waals surface area contributed by atoms with Crippen molar-refractivity contribution in [1.82, 2.24) is 9.97 Å². The molecule has 2 aromatic heterocycles. The van der Waals surface area contributed by atoms with Crippen LogP contribution in [-0.2, 0) is 4.79 Å². The quantitative estimate of drug-likeness (QED) is 0.260. The Bertz CT molecular complexity index is 1350. The zero-order valence-electron chi connectivity index (χ0n) is 20.7. The molecule has 1 aliphatic rings. The SMILES string of the molecule is Cc1ccc(OCCCCN2C(=O)C(C)Oc3ccc(-c4nc(-c5ccccn5)sc4C)cc32)cc1. The number of hydrogen-bond acceptors (Lipinski definition) is 6. The molecule has 3 heterocycles. The second-order valence-corrected chi connectivity index (χ2v) is 10.1. The van der Waals surface area contributed by atoms with E-state index in [0.29, 0.717) is 13.2 Å².